The highest BCUT2D eigenvalue weighted by Gasteiger charge is 2.12. The molecule has 3 rings (SSSR count). The summed E-state index contributed by atoms with van der Waals surface area (Å²) < 4.78 is 0. The molecule has 0 atom stereocenters. The summed E-state index contributed by atoms with van der Waals surface area (Å²) in [6.07, 6.45) is 0. The maximum absolute atomic E-state index is 11.0. The van der Waals surface area contributed by atoms with Crippen molar-refractivity contribution in [1.29, 1.82) is 10.5 Å². The Morgan fingerprint density at radius 3 is 1.27 bits per heavy atom. The summed E-state index contributed by atoms with van der Waals surface area (Å²) in [6, 6.07) is 19.1. The fourth-order valence-electron chi connectivity index (χ4n) is 2.69. The first-order valence-corrected chi connectivity index (χ1v) is 8.60. The van der Waals surface area contributed by atoms with Crippen molar-refractivity contribution in [2.45, 2.75) is 0 Å². The number of hydrogen-bond donors (Lipinski definition) is 4. The maximum Gasteiger partial charge on any atom is 0.335 e. The molecule has 8 nitrogen and oxygen atoms in total. The van der Waals surface area contributed by atoms with Gasteiger partial charge in [0.15, 0.2) is 0 Å². The molecule has 30 heavy (non-hydrogen) atoms. The van der Waals surface area contributed by atoms with Crippen LogP contribution in [0.4, 0.5) is 22.7 Å². The van der Waals surface area contributed by atoms with E-state index in [0.29, 0.717) is 22.7 Å². The molecule has 0 unspecified atom stereocenters. The van der Waals surface area contributed by atoms with Gasteiger partial charge in [-0.3, -0.25) is 0 Å². The number of carboxylic acids is 2. The molecular weight excluding hydrogens is 384 g/mol. The van der Waals surface area contributed by atoms with Crippen molar-refractivity contribution in [2.75, 3.05) is 10.6 Å². The summed E-state index contributed by atoms with van der Waals surface area (Å²) in [6.45, 7) is 0. The summed E-state index contributed by atoms with van der Waals surface area (Å²) >= 11 is 0. The highest BCUT2D eigenvalue weighted by Crippen LogP contribution is 2.31. The van der Waals surface area contributed by atoms with Gasteiger partial charge in [-0.1, -0.05) is 0 Å². The molecule has 146 valence electrons. The number of carboxylic acid groups (broad SMARTS) is 2. The van der Waals surface area contributed by atoms with Crippen LogP contribution in [0.25, 0.3) is 0 Å². The van der Waals surface area contributed by atoms with Crippen LogP contribution >= 0.6 is 0 Å². The van der Waals surface area contributed by atoms with Gasteiger partial charge in [0.05, 0.1) is 33.6 Å². The second-order valence-corrected chi connectivity index (χ2v) is 6.18. The molecule has 3 aromatic rings. The lowest BCUT2D eigenvalue weighted by molar-refractivity contribution is 0.0686. The molecule has 3 aromatic carbocycles. The number of nitriles is 2. The molecule has 0 aliphatic rings. The molecule has 0 amide bonds. The molecule has 4 N–H and O–H groups in total. The summed E-state index contributed by atoms with van der Waals surface area (Å²) in [5.41, 5.74) is 2.75. The van der Waals surface area contributed by atoms with E-state index in [-0.39, 0.29) is 22.3 Å². The van der Waals surface area contributed by atoms with Crippen LogP contribution in [0.1, 0.15) is 31.8 Å². The average molecular weight is 398 g/mol. The lowest BCUT2D eigenvalue weighted by Gasteiger charge is -2.16. The van der Waals surface area contributed by atoms with E-state index >= 15 is 0 Å². The zero-order valence-corrected chi connectivity index (χ0v) is 15.4. The first-order valence-electron chi connectivity index (χ1n) is 8.60. The molecule has 0 saturated heterocycles. The summed E-state index contributed by atoms with van der Waals surface area (Å²) in [7, 11) is 0. The minimum absolute atomic E-state index is 0.134. The SMILES string of the molecule is N#Cc1cc(Nc2ccc(C(=O)O)cc2)c(Nc2ccc(C(=O)O)cc2)cc1C#N. The van der Waals surface area contributed by atoms with E-state index in [0.717, 1.165) is 0 Å². The molecule has 0 aliphatic carbocycles. The van der Waals surface area contributed by atoms with Crippen LogP contribution in [-0.2, 0) is 0 Å². The summed E-state index contributed by atoms with van der Waals surface area (Å²) in [4.78, 5) is 22.0. The molecule has 0 spiro atoms. The van der Waals surface area contributed by atoms with Gasteiger partial charge in [0.2, 0.25) is 0 Å². The topological polar surface area (TPSA) is 146 Å². The Hall–Kier alpha value is -4.82. The van der Waals surface area contributed by atoms with E-state index in [1.54, 1.807) is 24.3 Å². The number of benzene rings is 3. The normalized spacial score (nSPS) is 9.80. The van der Waals surface area contributed by atoms with Crippen molar-refractivity contribution in [1.82, 2.24) is 0 Å². The molecule has 0 saturated carbocycles. The first-order chi connectivity index (χ1) is 14.4. The van der Waals surface area contributed by atoms with Crippen LogP contribution in [0, 0.1) is 22.7 Å². The Bertz CT molecular complexity index is 1110. The quantitative estimate of drug-likeness (QED) is 0.480. The van der Waals surface area contributed by atoms with Gasteiger partial charge in [0.25, 0.3) is 0 Å². The number of carbonyl (C=O) groups is 2. The van der Waals surface area contributed by atoms with Gasteiger partial charge in [-0.05, 0) is 60.7 Å². The fourth-order valence-corrected chi connectivity index (χ4v) is 2.69. The van der Waals surface area contributed by atoms with Crippen LogP contribution in [0.15, 0.2) is 60.7 Å². The van der Waals surface area contributed by atoms with Gasteiger partial charge >= 0.3 is 11.9 Å². The van der Waals surface area contributed by atoms with Crippen LogP contribution < -0.4 is 10.6 Å². The second kappa shape index (κ2) is 8.46. The number of anilines is 4. The van der Waals surface area contributed by atoms with Crippen LogP contribution in [-0.4, -0.2) is 22.2 Å². The largest absolute Gasteiger partial charge is 0.478 e. The Labute approximate surface area is 171 Å². The van der Waals surface area contributed by atoms with Crippen LogP contribution in [0.5, 0.6) is 0 Å². The van der Waals surface area contributed by atoms with E-state index in [2.05, 4.69) is 10.6 Å². The summed E-state index contributed by atoms with van der Waals surface area (Å²) in [5.74, 6) is -2.09. The monoisotopic (exact) mass is 398 g/mol. The highest BCUT2D eigenvalue weighted by atomic mass is 16.4. The molecule has 0 aliphatic heterocycles. The van der Waals surface area contributed by atoms with Gasteiger partial charge < -0.3 is 20.8 Å². The van der Waals surface area contributed by atoms with Crippen molar-refractivity contribution in [2.24, 2.45) is 0 Å². The maximum atomic E-state index is 11.0. The Balaban J connectivity index is 1.98. The van der Waals surface area contributed by atoms with E-state index < -0.39 is 11.9 Å². The minimum atomic E-state index is -1.04. The van der Waals surface area contributed by atoms with E-state index in [1.807, 2.05) is 12.1 Å². The van der Waals surface area contributed by atoms with Gasteiger partial charge in [-0.25, -0.2) is 9.59 Å². The van der Waals surface area contributed by atoms with E-state index in [1.165, 1.54) is 36.4 Å². The van der Waals surface area contributed by atoms with Crippen LogP contribution in [0.2, 0.25) is 0 Å². The molecule has 0 radical (unpaired) electrons. The highest BCUT2D eigenvalue weighted by molar-refractivity contribution is 5.89. The lowest BCUT2D eigenvalue weighted by atomic mass is 10.1. The Kier molecular flexibility index (Phi) is 5.62. The van der Waals surface area contributed by atoms with Crippen LogP contribution in [0.3, 0.4) is 0 Å². The van der Waals surface area contributed by atoms with Crippen molar-refractivity contribution >= 4 is 34.7 Å². The number of nitrogens with one attached hydrogen (secondary N) is 2. The molecule has 0 fully saturated rings. The fraction of sp³-hybridized carbons (Fsp3) is 0. The molecular formula is C22H14N4O4. The molecule has 0 bridgehead atoms. The third-order valence-corrected chi connectivity index (χ3v) is 4.22. The first kappa shape index (κ1) is 19.9. The predicted molar refractivity (Wildman–Crippen MR) is 109 cm³/mol. The van der Waals surface area contributed by atoms with Gasteiger partial charge in [-0.2, -0.15) is 10.5 Å². The van der Waals surface area contributed by atoms with Crippen molar-refractivity contribution in [3.8, 4) is 12.1 Å². The zero-order chi connectivity index (χ0) is 21.7. The minimum Gasteiger partial charge on any atom is -0.478 e. The van der Waals surface area contributed by atoms with E-state index in [9.17, 15) is 20.1 Å². The number of hydrogen-bond acceptors (Lipinski definition) is 6. The second-order valence-electron chi connectivity index (χ2n) is 6.18. The Morgan fingerprint density at radius 2 is 1.00 bits per heavy atom. The van der Waals surface area contributed by atoms with Crippen molar-refractivity contribution in [3.05, 3.63) is 82.9 Å². The van der Waals surface area contributed by atoms with Gasteiger partial charge in [0.1, 0.15) is 12.1 Å². The summed E-state index contributed by atoms with van der Waals surface area (Å²) in [5, 5.41) is 42.9. The third kappa shape index (κ3) is 4.35. The average Bonchev–Trinajstić information content (AvgIpc) is 2.75. The lowest BCUT2D eigenvalue weighted by Crippen LogP contribution is -2.02. The van der Waals surface area contributed by atoms with Crippen molar-refractivity contribution < 1.29 is 19.8 Å². The standard InChI is InChI=1S/C22H14N4O4/c23-11-15-9-19(25-17-5-1-13(2-6-17)21(27)28)20(10-16(15)12-24)26-18-7-3-14(4-8-18)22(29)30/h1-10,25-26H,(H,27,28)(H,29,30). The van der Waals surface area contributed by atoms with Gasteiger partial charge in [-0.15, -0.1) is 0 Å². The van der Waals surface area contributed by atoms with E-state index in [4.69, 9.17) is 10.2 Å². The molecule has 0 aromatic heterocycles. The number of nitrogens with zero attached hydrogens (tertiary/aromatic N) is 2. The Morgan fingerprint density at radius 1 is 0.667 bits per heavy atom. The zero-order valence-electron chi connectivity index (χ0n) is 15.4. The number of aromatic carboxylic acids is 2. The van der Waals surface area contributed by atoms with Gasteiger partial charge in [0, 0.05) is 11.4 Å². The van der Waals surface area contributed by atoms with Crippen molar-refractivity contribution in [3.63, 3.8) is 0 Å². The molecule has 8 heteroatoms. The molecule has 0 heterocycles. The number of rotatable bonds is 6. The third-order valence-electron chi connectivity index (χ3n) is 4.22. The predicted octanol–water partition coefficient (Wildman–Crippen LogP) is 4.31. The smallest absolute Gasteiger partial charge is 0.335 e.